The molecule has 0 aliphatic heterocycles. The minimum absolute atomic E-state index is 0.862. The molecule has 10 rings (SSSR count). The van der Waals surface area contributed by atoms with Gasteiger partial charge < -0.3 is 4.57 Å². The Bertz CT molecular complexity index is 2690. The normalized spacial score (nSPS) is 12.3. The number of aromatic nitrogens is 5. The number of pyridine rings is 1. The zero-order valence-electron chi connectivity index (χ0n) is 22.3. The molecule has 0 saturated carbocycles. The van der Waals surface area contributed by atoms with Gasteiger partial charge in [0.2, 0.25) is 5.78 Å². The molecule has 0 amide bonds. The topological polar surface area (TPSA) is 40.0 Å². The molecule has 0 N–H and O–H groups in total. The van der Waals surface area contributed by atoms with Gasteiger partial charge in [0, 0.05) is 38.1 Å². The van der Waals surface area contributed by atoms with Crippen LogP contribution in [0.25, 0.3) is 81.3 Å². The van der Waals surface area contributed by atoms with Gasteiger partial charge in [-0.1, -0.05) is 66.7 Å². The molecule has 0 spiro atoms. The Morgan fingerprint density at radius 1 is 0.524 bits per heavy atom. The van der Waals surface area contributed by atoms with Crippen molar-refractivity contribution in [2.45, 2.75) is 0 Å². The highest BCUT2D eigenvalue weighted by atomic mass is 32.1. The van der Waals surface area contributed by atoms with Gasteiger partial charge in [0.25, 0.3) is 0 Å². The molecule has 0 fully saturated rings. The van der Waals surface area contributed by atoms with Crippen LogP contribution < -0.4 is 0 Å². The molecule has 0 saturated heterocycles. The van der Waals surface area contributed by atoms with Crippen molar-refractivity contribution in [1.29, 1.82) is 0 Å². The number of hydrogen-bond donors (Lipinski definition) is 0. The van der Waals surface area contributed by atoms with E-state index in [1.54, 1.807) is 11.3 Å². The summed E-state index contributed by atoms with van der Waals surface area (Å²) in [6, 6.07) is 43.0. The van der Waals surface area contributed by atoms with E-state index >= 15 is 0 Å². The molecule has 42 heavy (non-hydrogen) atoms. The van der Waals surface area contributed by atoms with Gasteiger partial charge in [-0.2, -0.15) is 0 Å². The Labute approximate surface area is 243 Å². The Balaban J connectivity index is 1.41. The highest BCUT2D eigenvalue weighted by Gasteiger charge is 2.23. The SMILES string of the molecule is c1ccc(-n2c3ccccc3c3ccc4c(nc5n(-c6nccc7c6sc6ccccc67)c6ccccc6n45)c32)cc1. The summed E-state index contributed by atoms with van der Waals surface area (Å²) in [4.78, 5) is 10.5. The molecule has 5 nitrogen and oxygen atoms in total. The van der Waals surface area contributed by atoms with E-state index in [1.807, 2.05) is 6.20 Å². The lowest BCUT2D eigenvalue weighted by molar-refractivity contribution is 1.06. The first-order valence-electron chi connectivity index (χ1n) is 14.0. The van der Waals surface area contributed by atoms with Crippen molar-refractivity contribution in [1.82, 2.24) is 23.5 Å². The third kappa shape index (κ3) is 2.77. The standard InChI is InChI=1S/C36H21N5S/c1-2-10-22(11-3-1)39-27-14-6-4-12-23(27)25-18-19-30-32(33(25)39)38-36-40(30)28-15-7-8-16-29(28)41(36)35-34-26(20-21-37-35)24-13-5-9-17-31(24)42-34/h1-21H. The summed E-state index contributed by atoms with van der Waals surface area (Å²) in [6.45, 7) is 0. The number of para-hydroxylation sites is 4. The first-order valence-corrected chi connectivity index (χ1v) is 14.8. The average molecular weight is 556 g/mol. The van der Waals surface area contributed by atoms with E-state index in [0.29, 0.717) is 0 Å². The first kappa shape index (κ1) is 22.3. The van der Waals surface area contributed by atoms with Gasteiger partial charge in [-0.05, 0) is 54.6 Å². The van der Waals surface area contributed by atoms with Crippen LogP contribution in [0.4, 0.5) is 0 Å². The third-order valence-electron chi connectivity index (χ3n) is 8.51. The maximum atomic E-state index is 5.47. The zero-order chi connectivity index (χ0) is 27.4. The lowest BCUT2D eigenvalue weighted by atomic mass is 10.1. The second-order valence-corrected chi connectivity index (χ2v) is 11.8. The number of hydrogen-bond acceptors (Lipinski definition) is 3. The highest BCUT2D eigenvalue weighted by Crippen LogP contribution is 2.41. The summed E-state index contributed by atoms with van der Waals surface area (Å²) in [7, 11) is 0. The number of rotatable bonds is 2. The number of imidazole rings is 2. The van der Waals surface area contributed by atoms with Crippen LogP contribution in [0.15, 0.2) is 128 Å². The minimum atomic E-state index is 0.862. The van der Waals surface area contributed by atoms with Gasteiger partial charge in [-0.3, -0.25) is 8.97 Å². The molecule has 196 valence electrons. The molecule has 0 radical (unpaired) electrons. The second-order valence-electron chi connectivity index (χ2n) is 10.7. The van der Waals surface area contributed by atoms with E-state index in [-0.39, 0.29) is 0 Å². The Kier molecular flexibility index (Phi) is 4.27. The molecule has 0 unspecified atom stereocenters. The van der Waals surface area contributed by atoms with Gasteiger partial charge in [0.05, 0.1) is 32.3 Å². The minimum Gasteiger partial charge on any atom is -0.307 e. The second kappa shape index (κ2) is 8.06. The summed E-state index contributed by atoms with van der Waals surface area (Å²) in [5, 5.41) is 4.90. The van der Waals surface area contributed by atoms with E-state index in [0.717, 1.165) is 49.6 Å². The van der Waals surface area contributed by atoms with E-state index in [9.17, 15) is 0 Å². The van der Waals surface area contributed by atoms with Crippen LogP contribution in [-0.4, -0.2) is 23.5 Å². The molecule has 5 aromatic carbocycles. The monoisotopic (exact) mass is 555 g/mol. The van der Waals surface area contributed by atoms with Crippen LogP contribution in [0.2, 0.25) is 0 Å². The maximum Gasteiger partial charge on any atom is 0.222 e. The number of fused-ring (bicyclic) bond motifs is 12. The molecule has 5 aromatic heterocycles. The summed E-state index contributed by atoms with van der Waals surface area (Å²) in [5.41, 5.74) is 7.67. The van der Waals surface area contributed by atoms with Gasteiger partial charge >= 0.3 is 0 Å². The predicted molar refractivity (Wildman–Crippen MR) is 175 cm³/mol. The molecule has 10 aromatic rings. The fourth-order valence-electron chi connectivity index (χ4n) is 6.77. The van der Waals surface area contributed by atoms with Crippen LogP contribution >= 0.6 is 11.3 Å². The average Bonchev–Trinajstić information content (AvgIpc) is 3.78. The zero-order valence-corrected chi connectivity index (χ0v) is 23.1. The Morgan fingerprint density at radius 2 is 1.26 bits per heavy atom. The van der Waals surface area contributed by atoms with Crippen molar-refractivity contribution in [3.63, 3.8) is 0 Å². The molecule has 5 heterocycles. The fraction of sp³-hybridized carbons (Fsp3) is 0. The van der Waals surface area contributed by atoms with Gasteiger partial charge in [-0.25, -0.2) is 9.97 Å². The van der Waals surface area contributed by atoms with Gasteiger partial charge in [0.1, 0.15) is 5.52 Å². The summed E-state index contributed by atoms with van der Waals surface area (Å²) in [5.74, 6) is 1.77. The summed E-state index contributed by atoms with van der Waals surface area (Å²) >= 11 is 1.79. The van der Waals surface area contributed by atoms with Gasteiger partial charge in [0.15, 0.2) is 5.82 Å². The fourth-order valence-corrected chi connectivity index (χ4v) is 7.94. The van der Waals surface area contributed by atoms with Crippen molar-refractivity contribution >= 4 is 81.2 Å². The van der Waals surface area contributed by atoms with Crippen LogP contribution in [0, 0.1) is 0 Å². The quantitative estimate of drug-likeness (QED) is 0.213. The summed E-state index contributed by atoms with van der Waals surface area (Å²) in [6.07, 6.45) is 1.93. The van der Waals surface area contributed by atoms with E-state index in [2.05, 4.69) is 135 Å². The lowest BCUT2D eigenvalue weighted by Gasteiger charge is -2.08. The molecule has 0 aliphatic rings. The lowest BCUT2D eigenvalue weighted by Crippen LogP contribution is -1.98. The number of benzene rings is 5. The van der Waals surface area contributed by atoms with E-state index in [1.165, 1.54) is 31.8 Å². The van der Waals surface area contributed by atoms with Crippen LogP contribution in [0.1, 0.15) is 0 Å². The van der Waals surface area contributed by atoms with Crippen molar-refractivity contribution in [3.05, 3.63) is 128 Å². The Hall–Kier alpha value is -5.46. The third-order valence-corrected chi connectivity index (χ3v) is 9.69. The predicted octanol–water partition coefficient (Wildman–Crippen LogP) is 9.29. The maximum absolute atomic E-state index is 5.47. The largest absolute Gasteiger partial charge is 0.307 e. The molecular weight excluding hydrogens is 534 g/mol. The number of nitrogens with zero attached hydrogens (tertiary/aromatic N) is 5. The first-order chi connectivity index (χ1) is 20.9. The van der Waals surface area contributed by atoms with Crippen molar-refractivity contribution in [3.8, 4) is 11.5 Å². The molecular formula is C36H21N5S. The molecule has 0 bridgehead atoms. The van der Waals surface area contributed by atoms with Crippen molar-refractivity contribution in [2.24, 2.45) is 0 Å². The van der Waals surface area contributed by atoms with E-state index < -0.39 is 0 Å². The van der Waals surface area contributed by atoms with Gasteiger partial charge in [-0.15, -0.1) is 11.3 Å². The molecule has 6 heteroatoms. The van der Waals surface area contributed by atoms with Crippen molar-refractivity contribution < 1.29 is 0 Å². The Morgan fingerprint density at radius 3 is 2.14 bits per heavy atom. The summed E-state index contributed by atoms with van der Waals surface area (Å²) < 4.78 is 9.32. The number of thiophene rings is 1. The van der Waals surface area contributed by atoms with Crippen molar-refractivity contribution in [2.75, 3.05) is 0 Å². The highest BCUT2D eigenvalue weighted by molar-refractivity contribution is 7.26. The smallest absolute Gasteiger partial charge is 0.222 e. The van der Waals surface area contributed by atoms with E-state index in [4.69, 9.17) is 9.97 Å². The van der Waals surface area contributed by atoms with Crippen LogP contribution in [-0.2, 0) is 0 Å². The molecule has 0 aliphatic carbocycles. The van der Waals surface area contributed by atoms with Crippen LogP contribution in [0.3, 0.4) is 0 Å². The van der Waals surface area contributed by atoms with Crippen LogP contribution in [0.5, 0.6) is 0 Å². The molecule has 0 atom stereocenters.